The summed E-state index contributed by atoms with van der Waals surface area (Å²) in [6, 6.07) is 8.17. The number of rotatable bonds is 3. The molecule has 128 valence electrons. The normalized spacial score (nSPS) is 19.1. The van der Waals surface area contributed by atoms with Gasteiger partial charge in [0.2, 0.25) is 0 Å². The monoisotopic (exact) mass is 332 g/mol. The number of nitrogens with zero attached hydrogens (tertiary/aromatic N) is 1. The lowest BCUT2D eigenvalue weighted by Crippen LogP contribution is -2.47. The minimum absolute atomic E-state index is 0.161. The topological polar surface area (TPSA) is 54.7 Å². The molecule has 2 amide bonds. The maximum absolute atomic E-state index is 13.4. The summed E-state index contributed by atoms with van der Waals surface area (Å²) in [5.41, 5.74) is 1.45. The molecule has 1 fully saturated rings. The van der Waals surface area contributed by atoms with Gasteiger partial charge in [0, 0.05) is 6.54 Å². The Morgan fingerprint density at radius 1 is 1.42 bits per heavy atom. The van der Waals surface area contributed by atoms with Crippen LogP contribution in [0.1, 0.15) is 36.0 Å². The highest BCUT2D eigenvalue weighted by Gasteiger charge is 2.26. The van der Waals surface area contributed by atoms with Crippen molar-refractivity contribution in [1.82, 2.24) is 10.2 Å². The molecule has 0 saturated carbocycles. The molecule has 2 atom stereocenters. The molecular formula is C18H21FN2O3. The van der Waals surface area contributed by atoms with Gasteiger partial charge in [0.1, 0.15) is 17.7 Å². The van der Waals surface area contributed by atoms with Crippen LogP contribution in [0, 0.1) is 12.7 Å². The van der Waals surface area contributed by atoms with E-state index in [4.69, 9.17) is 9.15 Å². The molecule has 0 aliphatic carbocycles. The van der Waals surface area contributed by atoms with E-state index in [1.54, 1.807) is 36.3 Å². The number of hydrogen-bond acceptors (Lipinski definition) is 3. The van der Waals surface area contributed by atoms with Crippen molar-refractivity contribution >= 4 is 6.03 Å². The summed E-state index contributed by atoms with van der Waals surface area (Å²) in [4.78, 5) is 14.2. The quantitative estimate of drug-likeness (QED) is 0.935. The van der Waals surface area contributed by atoms with Crippen LogP contribution < -0.4 is 5.32 Å². The number of ether oxygens (including phenoxy) is 1. The van der Waals surface area contributed by atoms with Crippen molar-refractivity contribution in [3.63, 3.8) is 0 Å². The van der Waals surface area contributed by atoms with Crippen LogP contribution in [0.3, 0.4) is 0 Å². The first-order valence-corrected chi connectivity index (χ1v) is 8.01. The summed E-state index contributed by atoms with van der Waals surface area (Å²) in [7, 11) is 0. The molecule has 2 heterocycles. The fourth-order valence-corrected chi connectivity index (χ4v) is 2.79. The fourth-order valence-electron chi connectivity index (χ4n) is 2.79. The Bertz CT molecular complexity index is 702. The fraction of sp³-hybridized carbons (Fsp3) is 0.389. The number of carbonyl (C=O) groups excluding carboxylic acids is 1. The van der Waals surface area contributed by atoms with Gasteiger partial charge in [-0.15, -0.1) is 0 Å². The van der Waals surface area contributed by atoms with Crippen molar-refractivity contribution in [2.24, 2.45) is 0 Å². The smallest absolute Gasteiger partial charge is 0.318 e. The molecule has 24 heavy (non-hydrogen) atoms. The molecule has 0 unspecified atom stereocenters. The zero-order valence-electron chi connectivity index (χ0n) is 13.8. The third kappa shape index (κ3) is 3.59. The van der Waals surface area contributed by atoms with E-state index in [0.717, 1.165) is 5.56 Å². The van der Waals surface area contributed by atoms with Crippen LogP contribution in [0.15, 0.2) is 41.0 Å². The summed E-state index contributed by atoms with van der Waals surface area (Å²) < 4.78 is 24.5. The second-order valence-electron chi connectivity index (χ2n) is 6.00. The lowest BCUT2D eigenvalue weighted by atomic mass is 10.0. The molecule has 1 N–H and O–H groups in total. The number of hydrogen-bond donors (Lipinski definition) is 1. The van der Waals surface area contributed by atoms with Crippen LogP contribution in [0.25, 0.3) is 0 Å². The number of nitrogens with one attached hydrogen (secondary N) is 1. The Hall–Kier alpha value is -2.34. The number of amides is 2. The van der Waals surface area contributed by atoms with Gasteiger partial charge in [-0.25, -0.2) is 9.18 Å². The first-order chi connectivity index (χ1) is 11.5. The van der Waals surface area contributed by atoms with Crippen LogP contribution in [0.5, 0.6) is 0 Å². The Morgan fingerprint density at radius 2 is 2.25 bits per heavy atom. The Kier molecular flexibility index (Phi) is 4.85. The third-order valence-corrected chi connectivity index (χ3v) is 4.22. The van der Waals surface area contributed by atoms with E-state index in [2.05, 4.69) is 5.32 Å². The highest BCUT2D eigenvalue weighted by molar-refractivity contribution is 5.74. The summed E-state index contributed by atoms with van der Waals surface area (Å²) in [5, 5.41) is 2.92. The Balaban J connectivity index is 1.64. The van der Waals surface area contributed by atoms with Gasteiger partial charge in [-0.2, -0.15) is 0 Å². The maximum atomic E-state index is 13.4. The van der Waals surface area contributed by atoms with E-state index in [0.29, 0.717) is 31.0 Å². The molecule has 0 bridgehead atoms. The summed E-state index contributed by atoms with van der Waals surface area (Å²) in [6.07, 6.45) is 1.34. The predicted molar refractivity (Wildman–Crippen MR) is 87.1 cm³/mol. The molecule has 1 aliphatic heterocycles. The molecular weight excluding hydrogens is 311 g/mol. The van der Waals surface area contributed by atoms with Crippen LogP contribution in [-0.4, -0.2) is 30.6 Å². The number of benzene rings is 1. The molecule has 1 saturated heterocycles. The van der Waals surface area contributed by atoms with Crippen LogP contribution in [0.2, 0.25) is 0 Å². The number of aryl methyl sites for hydroxylation is 1. The van der Waals surface area contributed by atoms with Crippen molar-refractivity contribution in [3.8, 4) is 0 Å². The second kappa shape index (κ2) is 7.05. The Morgan fingerprint density at radius 3 is 2.96 bits per heavy atom. The molecule has 1 aromatic carbocycles. The summed E-state index contributed by atoms with van der Waals surface area (Å²) >= 11 is 0. The van der Waals surface area contributed by atoms with Crippen molar-refractivity contribution in [3.05, 3.63) is 59.3 Å². The minimum atomic E-state index is -0.247. The number of furan rings is 1. The van der Waals surface area contributed by atoms with Gasteiger partial charge < -0.3 is 19.4 Å². The molecule has 5 nitrogen and oxygen atoms in total. The summed E-state index contributed by atoms with van der Waals surface area (Å²) in [5.74, 6) is 0.471. The van der Waals surface area contributed by atoms with E-state index in [1.165, 1.54) is 6.07 Å². The molecule has 1 aromatic heterocycles. The van der Waals surface area contributed by atoms with E-state index in [9.17, 15) is 9.18 Å². The van der Waals surface area contributed by atoms with Gasteiger partial charge in [0.25, 0.3) is 0 Å². The molecule has 3 rings (SSSR count). The SMILES string of the molecule is Cc1cc([C@H]2CN(C(=O)N[C@@H](C)c3ccco3)CCO2)ccc1F. The lowest BCUT2D eigenvalue weighted by molar-refractivity contribution is -0.0158. The van der Waals surface area contributed by atoms with Gasteiger partial charge in [0.15, 0.2) is 0 Å². The number of halogens is 1. The number of morpholine rings is 1. The van der Waals surface area contributed by atoms with Gasteiger partial charge in [-0.1, -0.05) is 12.1 Å². The first-order valence-electron chi connectivity index (χ1n) is 8.01. The largest absolute Gasteiger partial charge is 0.467 e. The summed E-state index contributed by atoms with van der Waals surface area (Å²) in [6.45, 7) is 4.99. The third-order valence-electron chi connectivity index (χ3n) is 4.22. The van der Waals surface area contributed by atoms with Crippen LogP contribution in [-0.2, 0) is 4.74 Å². The van der Waals surface area contributed by atoms with Crippen molar-refractivity contribution in [2.75, 3.05) is 19.7 Å². The standard InChI is InChI=1S/C18H21FN2O3/c1-12-10-14(5-6-15(12)19)17-11-21(7-9-24-17)18(22)20-13(2)16-4-3-8-23-16/h3-6,8,10,13,17H,7,9,11H2,1-2H3,(H,20,22)/t13-,17+/m0/s1. The molecule has 0 spiro atoms. The lowest BCUT2D eigenvalue weighted by Gasteiger charge is -2.34. The number of carbonyl (C=O) groups is 1. The van der Waals surface area contributed by atoms with Gasteiger partial charge in [-0.05, 0) is 43.2 Å². The number of urea groups is 1. The highest BCUT2D eigenvalue weighted by Crippen LogP contribution is 2.24. The average Bonchev–Trinajstić information content (AvgIpc) is 3.12. The van der Waals surface area contributed by atoms with E-state index >= 15 is 0 Å². The highest BCUT2D eigenvalue weighted by atomic mass is 19.1. The van der Waals surface area contributed by atoms with Crippen LogP contribution >= 0.6 is 0 Å². The predicted octanol–water partition coefficient (Wildman–Crippen LogP) is 3.57. The van der Waals surface area contributed by atoms with Crippen molar-refractivity contribution in [1.29, 1.82) is 0 Å². The first kappa shape index (κ1) is 16.5. The molecule has 1 aliphatic rings. The maximum Gasteiger partial charge on any atom is 0.318 e. The average molecular weight is 332 g/mol. The Labute approximate surface area is 140 Å². The zero-order valence-corrected chi connectivity index (χ0v) is 13.8. The van der Waals surface area contributed by atoms with Crippen molar-refractivity contribution < 1.29 is 18.3 Å². The molecule has 0 radical (unpaired) electrons. The zero-order chi connectivity index (χ0) is 17.1. The van der Waals surface area contributed by atoms with E-state index < -0.39 is 0 Å². The molecule has 6 heteroatoms. The van der Waals surface area contributed by atoms with Crippen molar-refractivity contribution in [2.45, 2.75) is 26.0 Å². The van der Waals surface area contributed by atoms with E-state index in [-0.39, 0.29) is 24.0 Å². The van der Waals surface area contributed by atoms with Gasteiger partial charge in [-0.3, -0.25) is 0 Å². The minimum Gasteiger partial charge on any atom is -0.467 e. The molecule has 2 aromatic rings. The van der Waals surface area contributed by atoms with E-state index in [1.807, 2.05) is 13.0 Å². The van der Waals surface area contributed by atoms with Gasteiger partial charge >= 0.3 is 6.03 Å². The van der Waals surface area contributed by atoms with Crippen LogP contribution in [0.4, 0.5) is 9.18 Å². The second-order valence-corrected chi connectivity index (χ2v) is 6.00. The van der Waals surface area contributed by atoms with Gasteiger partial charge in [0.05, 0.1) is 25.5 Å².